The largest absolute Gasteiger partial charge is 0.497 e. The normalized spacial score (nSPS) is 14.3. The second-order valence-electron chi connectivity index (χ2n) is 10.2. The molecule has 1 saturated heterocycles. The van der Waals surface area contributed by atoms with E-state index >= 15 is 0 Å². The van der Waals surface area contributed by atoms with Gasteiger partial charge in [0.1, 0.15) is 5.75 Å². The molecule has 0 saturated carbocycles. The van der Waals surface area contributed by atoms with Gasteiger partial charge < -0.3 is 15.0 Å². The number of hydrogen-bond donors (Lipinski definition) is 1. The third-order valence-corrected chi connectivity index (χ3v) is 7.73. The summed E-state index contributed by atoms with van der Waals surface area (Å²) < 4.78 is 7.28. The fourth-order valence-corrected chi connectivity index (χ4v) is 5.50. The lowest BCUT2D eigenvalue weighted by atomic mass is 10.1. The molecule has 0 radical (unpaired) electrons. The van der Waals surface area contributed by atoms with Gasteiger partial charge in [-0.25, -0.2) is 4.98 Å². The maximum absolute atomic E-state index is 12.9. The molecule has 0 unspecified atom stereocenters. The van der Waals surface area contributed by atoms with Gasteiger partial charge in [-0.05, 0) is 54.1 Å². The first-order chi connectivity index (χ1) is 20.2. The summed E-state index contributed by atoms with van der Waals surface area (Å²) in [5.41, 5.74) is 5.73. The number of para-hydroxylation sites is 1. The molecule has 0 atom stereocenters. The van der Waals surface area contributed by atoms with Crippen LogP contribution in [0.25, 0.3) is 28.5 Å². The van der Waals surface area contributed by atoms with E-state index in [9.17, 15) is 4.79 Å². The van der Waals surface area contributed by atoms with Crippen LogP contribution in [-0.2, 0) is 6.54 Å². The van der Waals surface area contributed by atoms with Crippen molar-refractivity contribution in [2.24, 2.45) is 0 Å². The Morgan fingerprint density at radius 3 is 2.39 bits per heavy atom. The zero-order valence-electron chi connectivity index (χ0n) is 22.7. The van der Waals surface area contributed by atoms with E-state index in [1.54, 1.807) is 13.3 Å². The van der Waals surface area contributed by atoms with Crippen LogP contribution in [0.5, 0.6) is 5.75 Å². The van der Waals surface area contributed by atoms with Gasteiger partial charge in [0.05, 0.1) is 18.5 Å². The molecule has 3 aromatic carbocycles. The number of rotatable bonds is 5. The predicted octanol–water partition coefficient (Wildman–Crippen LogP) is 5.02. The van der Waals surface area contributed by atoms with Crippen LogP contribution in [0.1, 0.15) is 15.9 Å². The van der Waals surface area contributed by atoms with Crippen LogP contribution < -0.4 is 10.1 Å². The van der Waals surface area contributed by atoms with Crippen LogP contribution in [-0.4, -0.2) is 68.7 Å². The SMILES string of the molecule is COc1ccc(C(=O)N2CCN(Cc3ccc(-c4nnc5n4-c4cccnc4Nc4ccccc4-5)cc3)CC2)cc1. The van der Waals surface area contributed by atoms with Gasteiger partial charge in [-0.3, -0.25) is 14.3 Å². The first kappa shape index (κ1) is 25.0. The maximum atomic E-state index is 12.9. The highest BCUT2D eigenvalue weighted by atomic mass is 16.5. The number of ether oxygens (including phenoxy) is 1. The molecule has 0 spiro atoms. The summed E-state index contributed by atoms with van der Waals surface area (Å²) in [5, 5.41) is 12.7. The molecule has 2 aliphatic heterocycles. The molecule has 7 rings (SSSR count). The first-order valence-corrected chi connectivity index (χ1v) is 13.7. The van der Waals surface area contributed by atoms with Gasteiger partial charge in [0.2, 0.25) is 0 Å². The molecule has 0 bridgehead atoms. The van der Waals surface area contributed by atoms with Gasteiger partial charge in [-0.1, -0.05) is 36.4 Å². The summed E-state index contributed by atoms with van der Waals surface area (Å²) >= 11 is 0. The van der Waals surface area contributed by atoms with E-state index in [1.165, 1.54) is 5.56 Å². The zero-order valence-corrected chi connectivity index (χ0v) is 22.7. The number of nitrogens with one attached hydrogen (secondary N) is 1. The standard InChI is InChI=1S/C32H29N7O2/c1-41-25-14-12-24(13-15-25)32(40)38-19-17-37(18-20-38)21-22-8-10-23(11-9-22)30-35-36-31-26-5-2-3-6-27(26)34-29-28(39(30)31)7-4-16-33-29/h2-16H,17-21H2,1H3,(H,33,34). The quantitative estimate of drug-likeness (QED) is 0.327. The highest BCUT2D eigenvalue weighted by Gasteiger charge is 2.25. The Morgan fingerprint density at radius 1 is 0.854 bits per heavy atom. The summed E-state index contributed by atoms with van der Waals surface area (Å²) in [7, 11) is 1.63. The Kier molecular flexibility index (Phi) is 6.41. The van der Waals surface area contributed by atoms with E-state index in [-0.39, 0.29) is 5.91 Å². The van der Waals surface area contributed by atoms with Crippen LogP contribution in [0.3, 0.4) is 0 Å². The Balaban J connectivity index is 1.07. The van der Waals surface area contributed by atoms with E-state index in [1.807, 2.05) is 65.6 Å². The topological polar surface area (TPSA) is 88.4 Å². The average Bonchev–Trinajstić information content (AvgIpc) is 3.41. The highest BCUT2D eigenvalue weighted by molar-refractivity contribution is 5.94. The van der Waals surface area contributed by atoms with Gasteiger partial charge >= 0.3 is 0 Å². The summed E-state index contributed by atoms with van der Waals surface area (Å²) in [6.45, 7) is 3.90. The van der Waals surface area contributed by atoms with Crippen LogP contribution in [0, 0.1) is 0 Å². The third kappa shape index (κ3) is 4.70. The zero-order chi connectivity index (χ0) is 27.8. The molecule has 4 heterocycles. The van der Waals surface area contributed by atoms with Crippen molar-refractivity contribution >= 4 is 17.4 Å². The van der Waals surface area contributed by atoms with Crippen molar-refractivity contribution in [1.29, 1.82) is 0 Å². The van der Waals surface area contributed by atoms with E-state index in [0.29, 0.717) is 18.7 Å². The number of amides is 1. The molecule has 9 heteroatoms. The summed E-state index contributed by atoms with van der Waals surface area (Å²) in [6.07, 6.45) is 1.78. The van der Waals surface area contributed by atoms with Gasteiger partial charge in [0.25, 0.3) is 5.91 Å². The number of anilines is 2. The van der Waals surface area contributed by atoms with Crippen LogP contribution in [0.4, 0.5) is 11.5 Å². The molecular weight excluding hydrogens is 514 g/mol. The lowest BCUT2D eigenvalue weighted by Crippen LogP contribution is -2.48. The molecule has 2 aliphatic rings. The molecule has 1 N–H and O–H groups in total. The van der Waals surface area contributed by atoms with Gasteiger partial charge in [0.15, 0.2) is 17.5 Å². The first-order valence-electron chi connectivity index (χ1n) is 13.7. The minimum absolute atomic E-state index is 0.0682. The van der Waals surface area contributed by atoms with Crippen molar-refractivity contribution in [2.45, 2.75) is 6.54 Å². The Morgan fingerprint density at radius 2 is 1.61 bits per heavy atom. The maximum Gasteiger partial charge on any atom is 0.253 e. The fraction of sp³-hybridized carbons (Fsp3) is 0.188. The summed E-state index contributed by atoms with van der Waals surface area (Å²) in [6, 6.07) is 27.9. The number of pyridine rings is 1. The van der Waals surface area contributed by atoms with Crippen molar-refractivity contribution < 1.29 is 9.53 Å². The molecule has 9 nitrogen and oxygen atoms in total. The van der Waals surface area contributed by atoms with E-state index in [0.717, 1.165) is 65.4 Å². The second-order valence-corrected chi connectivity index (χ2v) is 10.2. The predicted molar refractivity (Wildman–Crippen MR) is 157 cm³/mol. The van der Waals surface area contributed by atoms with E-state index in [2.05, 4.69) is 54.2 Å². The van der Waals surface area contributed by atoms with E-state index in [4.69, 9.17) is 4.74 Å². The van der Waals surface area contributed by atoms with Crippen molar-refractivity contribution in [3.8, 4) is 34.2 Å². The average molecular weight is 544 g/mol. The number of piperazine rings is 1. The molecule has 204 valence electrons. The Hall–Kier alpha value is -5.02. The van der Waals surface area contributed by atoms with Crippen LogP contribution in [0.2, 0.25) is 0 Å². The molecule has 41 heavy (non-hydrogen) atoms. The molecule has 0 aliphatic carbocycles. The number of hydrogen-bond acceptors (Lipinski definition) is 7. The van der Waals surface area contributed by atoms with Crippen molar-refractivity contribution in [3.05, 3.63) is 102 Å². The summed E-state index contributed by atoms with van der Waals surface area (Å²) in [5.74, 6) is 3.13. The summed E-state index contributed by atoms with van der Waals surface area (Å²) in [4.78, 5) is 21.8. The molecule has 1 amide bonds. The van der Waals surface area contributed by atoms with Gasteiger partial charge in [-0.2, -0.15) is 0 Å². The number of carbonyl (C=O) groups excluding carboxylic acids is 1. The Bertz CT molecular complexity index is 1710. The molecule has 5 aromatic rings. The molecule has 1 fully saturated rings. The molecule has 2 aromatic heterocycles. The highest BCUT2D eigenvalue weighted by Crippen LogP contribution is 2.39. The Labute approximate surface area is 238 Å². The van der Waals surface area contributed by atoms with Gasteiger partial charge in [-0.15, -0.1) is 10.2 Å². The minimum atomic E-state index is 0.0682. The van der Waals surface area contributed by atoms with Gasteiger partial charge in [0, 0.05) is 55.6 Å². The van der Waals surface area contributed by atoms with Crippen molar-refractivity contribution in [3.63, 3.8) is 0 Å². The fourth-order valence-electron chi connectivity index (χ4n) is 5.50. The van der Waals surface area contributed by atoms with Crippen LogP contribution >= 0.6 is 0 Å². The number of methoxy groups -OCH3 is 1. The lowest BCUT2D eigenvalue weighted by molar-refractivity contribution is 0.0628. The molecular formula is C32H29N7O2. The van der Waals surface area contributed by atoms with E-state index < -0.39 is 0 Å². The number of fused-ring (bicyclic) bond motifs is 5. The second kappa shape index (κ2) is 10.5. The lowest BCUT2D eigenvalue weighted by Gasteiger charge is -2.34. The number of aromatic nitrogens is 4. The van der Waals surface area contributed by atoms with Crippen molar-refractivity contribution in [1.82, 2.24) is 29.5 Å². The minimum Gasteiger partial charge on any atom is -0.497 e. The van der Waals surface area contributed by atoms with Crippen LogP contribution in [0.15, 0.2) is 91.1 Å². The van der Waals surface area contributed by atoms with Crippen molar-refractivity contribution in [2.75, 3.05) is 38.6 Å². The monoisotopic (exact) mass is 543 g/mol. The third-order valence-electron chi connectivity index (χ3n) is 7.73. The number of carbonyl (C=O) groups is 1. The number of benzene rings is 3. The number of nitrogens with zero attached hydrogens (tertiary/aromatic N) is 6. The smallest absolute Gasteiger partial charge is 0.253 e.